The molecule has 1 aromatic carbocycles. The van der Waals surface area contributed by atoms with E-state index in [1.807, 2.05) is 50.4 Å². The molecule has 0 spiro atoms. The van der Waals surface area contributed by atoms with Crippen LogP contribution in [0.2, 0.25) is 0 Å². The third-order valence-electron chi connectivity index (χ3n) is 4.92. The average Bonchev–Trinajstić information content (AvgIpc) is 2.76. The monoisotopic (exact) mass is 484 g/mol. The Balaban J connectivity index is 2.99. The number of nitrogens with two attached hydrogens (primary N) is 1. The zero-order valence-corrected chi connectivity index (χ0v) is 20.6. The van der Waals surface area contributed by atoms with E-state index in [-0.39, 0.29) is 24.3 Å². The quantitative estimate of drug-likeness (QED) is 0.204. The molecular weight excluding hydrogens is 448 g/mol. The Morgan fingerprint density at radius 3 is 2.25 bits per heavy atom. The number of rotatable bonds is 15. The number of hydrogen-bond acceptors (Lipinski definition) is 7. The normalized spacial score (nSPS) is 14.9. The zero-order chi connectivity index (χ0) is 24.1. The van der Waals surface area contributed by atoms with Crippen LogP contribution in [0.4, 0.5) is 0 Å². The van der Waals surface area contributed by atoms with Crippen molar-refractivity contribution in [3.05, 3.63) is 35.9 Å². The first-order valence-corrected chi connectivity index (χ1v) is 12.7. The molecule has 8 nitrogen and oxygen atoms in total. The van der Waals surface area contributed by atoms with Gasteiger partial charge in [-0.2, -0.15) is 24.4 Å². The average molecular weight is 485 g/mol. The molecule has 4 atom stereocenters. The van der Waals surface area contributed by atoms with E-state index in [0.717, 1.165) is 5.56 Å². The molecule has 0 heterocycles. The second-order valence-electron chi connectivity index (χ2n) is 8.00. The summed E-state index contributed by atoms with van der Waals surface area (Å²) < 4.78 is 0. The standard InChI is InChI=1S/C22H36N4O4S2/c1-14(2)19(24-12-16(23)13-31)21(28)26-18(11-15-7-5-4-6-8-15)20(27)25-17(22(29)30)9-10-32-3/h4-8,14,16-19,24,31H,9-13,23H2,1-3H3,(H,25,27)(H,26,28)(H,29,30)/t16-,17+,18+,19+/m1/s1. The summed E-state index contributed by atoms with van der Waals surface area (Å²) >= 11 is 5.67. The number of carboxylic acid groups (broad SMARTS) is 1. The lowest BCUT2D eigenvalue weighted by Gasteiger charge is -2.27. The van der Waals surface area contributed by atoms with E-state index in [1.165, 1.54) is 11.8 Å². The summed E-state index contributed by atoms with van der Waals surface area (Å²) in [6.45, 7) is 4.21. The van der Waals surface area contributed by atoms with E-state index < -0.39 is 30.0 Å². The molecule has 180 valence electrons. The summed E-state index contributed by atoms with van der Waals surface area (Å²) in [5, 5.41) is 18.0. The number of amides is 2. The van der Waals surface area contributed by atoms with Crippen LogP contribution in [0.25, 0.3) is 0 Å². The van der Waals surface area contributed by atoms with Gasteiger partial charge in [-0.3, -0.25) is 9.59 Å². The summed E-state index contributed by atoms with van der Waals surface area (Å²) in [7, 11) is 0. The largest absolute Gasteiger partial charge is 0.480 e. The molecule has 1 rings (SSSR count). The SMILES string of the molecule is CSCC[C@H](NC(=O)[C@H](Cc1ccccc1)NC(=O)[C@@H](NC[C@@H](N)CS)C(C)C)C(=O)O. The van der Waals surface area contributed by atoms with Crippen LogP contribution < -0.4 is 21.7 Å². The highest BCUT2D eigenvalue weighted by Gasteiger charge is 2.30. The smallest absolute Gasteiger partial charge is 0.326 e. The van der Waals surface area contributed by atoms with Gasteiger partial charge in [0.15, 0.2) is 0 Å². The van der Waals surface area contributed by atoms with Crippen molar-refractivity contribution in [2.75, 3.05) is 24.3 Å². The topological polar surface area (TPSA) is 134 Å². The van der Waals surface area contributed by atoms with Gasteiger partial charge in [-0.25, -0.2) is 4.79 Å². The fraction of sp³-hybridized carbons (Fsp3) is 0.591. The van der Waals surface area contributed by atoms with Gasteiger partial charge < -0.3 is 26.8 Å². The first kappa shape index (κ1) is 28.3. The third kappa shape index (κ3) is 10.2. The van der Waals surface area contributed by atoms with Gasteiger partial charge in [-0.15, -0.1) is 0 Å². The molecule has 0 fully saturated rings. The van der Waals surface area contributed by atoms with Crippen LogP contribution in [0, 0.1) is 5.92 Å². The maximum atomic E-state index is 13.0. The molecule has 6 N–H and O–H groups in total. The predicted molar refractivity (Wildman–Crippen MR) is 133 cm³/mol. The number of aliphatic carboxylic acids is 1. The van der Waals surface area contributed by atoms with Gasteiger partial charge in [0, 0.05) is 24.8 Å². The molecule has 0 saturated heterocycles. The van der Waals surface area contributed by atoms with Crippen molar-refractivity contribution >= 4 is 42.2 Å². The van der Waals surface area contributed by atoms with Crippen molar-refractivity contribution in [1.82, 2.24) is 16.0 Å². The molecule has 1 aromatic rings. The van der Waals surface area contributed by atoms with Crippen LogP contribution in [0.1, 0.15) is 25.8 Å². The van der Waals surface area contributed by atoms with Gasteiger partial charge in [-0.1, -0.05) is 44.2 Å². The van der Waals surface area contributed by atoms with Crippen LogP contribution in [-0.4, -0.2) is 71.4 Å². The minimum absolute atomic E-state index is 0.0455. The van der Waals surface area contributed by atoms with E-state index in [0.29, 0.717) is 24.5 Å². The highest BCUT2D eigenvalue weighted by molar-refractivity contribution is 7.98. The van der Waals surface area contributed by atoms with Crippen molar-refractivity contribution in [3.63, 3.8) is 0 Å². The van der Waals surface area contributed by atoms with Gasteiger partial charge in [0.1, 0.15) is 12.1 Å². The number of thioether (sulfide) groups is 1. The summed E-state index contributed by atoms with van der Waals surface area (Å²) in [5.74, 6) is -0.928. The van der Waals surface area contributed by atoms with Gasteiger partial charge in [0.05, 0.1) is 6.04 Å². The molecule has 0 aliphatic heterocycles. The number of carbonyl (C=O) groups is 3. The molecule has 2 amide bonds. The number of carboxylic acids is 1. The molecule has 0 aliphatic carbocycles. The first-order valence-electron chi connectivity index (χ1n) is 10.7. The van der Waals surface area contributed by atoms with E-state index in [2.05, 4.69) is 28.6 Å². The van der Waals surface area contributed by atoms with E-state index in [9.17, 15) is 19.5 Å². The Bertz CT molecular complexity index is 721. The molecule has 10 heteroatoms. The molecule has 0 unspecified atom stereocenters. The molecule has 0 aliphatic rings. The second-order valence-corrected chi connectivity index (χ2v) is 9.36. The lowest BCUT2D eigenvalue weighted by atomic mass is 10.0. The summed E-state index contributed by atoms with van der Waals surface area (Å²) in [6.07, 6.45) is 2.41. The van der Waals surface area contributed by atoms with Gasteiger partial charge in [0.2, 0.25) is 11.8 Å². The van der Waals surface area contributed by atoms with Crippen molar-refractivity contribution in [3.8, 4) is 0 Å². The van der Waals surface area contributed by atoms with Crippen LogP contribution in [0.3, 0.4) is 0 Å². The van der Waals surface area contributed by atoms with Gasteiger partial charge in [0.25, 0.3) is 0 Å². The van der Waals surface area contributed by atoms with Crippen LogP contribution in [-0.2, 0) is 20.8 Å². The van der Waals surface area contributed by atoms with E-state index in [1.54, 1.807) is 0 Å². The predicted octanol–water partition coefficient (Wildman–Crippen LogP) is 0.908. The Morgan fingerprint density at radius 1 is 1.09 bits per heavy atom. The lowest BCUT2D eigenvalue weighted by molar-refractivity contribution is -0.142. The third-order valence-corrected chi connectivity index (χ3v) is 6.04. The number of carbonyl (C=O) groups excluding carboxylic acids is 2. The molecule has 0 bridgehead atoms. The lowest BCUT2D eigenvalue weighted by Crippen LogP contribution is -2.57. The highest BCUT2D eigenvalue weighted by Crippen LogP contribution is 2.08. The Hall–Kier alpha value is -1.75. The number of hydrogen-bond donors (Lipinski definition) is 6. The van der Waals surface area contributed by atoms with Crippen LogP contribution in [0.15, 0.2) is 30.3 Å². The maximum absolute atomic E-state index is 13.0. The zero-order valence-electron chi connectivity index (χ0n) is 18.9. The molecule has 0 saturated carbocycles. The maximum Gasteiger partial charge on any atom is 0.326 e. The highest BCUT2D eigenvalue weighted by atomic mass is 32.2. The Labute approximate surface area is 200 Å². The fourth-order valence-corrected chi connectivity index (χ4v) is 3.66. The minimum Gasteiger partial charge on any atom is -0.480 e. The molecule has 32 heavy (non-hydrogen) atoms. The Kier molecular flexibility index (Phi) is 13.4. The minimum atomic E-state index is -1.10. The molecule has 0 aromatic heterocycles. The number of benzene rings is 1. The van der Waals surface area contributed by atoms with Crippen molar-refractivity contribution in [2.45, 2.75) is 50.9 Å². The van der Waals surface area contributed by atoms with Crippen molar-refractivity contribution in [1.29, 1.82) is 0 Å². The van der Waals surface area contributed by atoms with Crippen LogP contribution in [0.5, 0.6) is 0 Å². The van der Waals surface area contributed by atoms with E-state index >= 15 is 0 Å². The number of nitrogens with one attached hydrogen (secondary N) is 3. The fourth-order valence-electron chi connectivity index (χ4n) is 3.06. The van der Waals surface area contributed by atoms with Crippen LogP contribution >= 0.6 is 24.4 Å². The van der Waals surface area contributed by atoms with Crippen molar-refractivity contribution < 1.29 is 19.5 Å². The second kappa shape index (κ2) is 15.2. The summed E-state index contributed by atoms with van der Waals surface area (Å²) in [4.78, 5) is 37.6. The van der Waals surface area contributed by atoms with Gasteiger partial charge in [-0.05, 0) is 29.9 Å². The summed E-state index contributed by atoms with van der Waals surface area (Å²) in [6, 6.07) is 6.59. The Morgan fingerprint density at radius 2 is 1.72 bits per heavy atom. The molecule has 0 radical (unpaired) electrons. The first-order chi connectivity index (χ1) is 15.2. The van der Waals surface area contributed by atoms with Crippen molar-refractivity contribution in [2.24, 2.45) is 11.7 Å². The van der Waals surface area contributed by atoms with Gasteiger partial charge >= 0.3 is 5.97 Å². The summed E-state index contributed by atoms with van der Waals surface area (Å²) in [5.41, 5.74) is 6.76. The molecular formula is C22H36N4O4S2. The number of thiol groups is 1. The van der Waals surface area contributed by atoms with E-state index in [4.69, 9.17) is 5.73 Å².